The van der Waals surface area contributed by atoms with E-state index in [1.54, 1.807) is 6.20 Å². The second kappa shape index (κ2) is 5.21. The molecule has 14 heavy (non-hydrogen) atoms. The number of hydrogen-bond donors (Lipinski definition) is 1. The molecule has 4 heteroatoms. The first-order valence-corrected chi connectivity index (χ1v) is 4.45. The molecule has 1 heterocycles. The van der Waals surface area contributed by atoms with Crippen molar-refractivity contribution in [2.45, 2.75) is 13.3 Å². The van der Waals surface area contributed by atoms with Gasteiger partial charge in [0, 0.05) is 12.2 Å². The quantitative estimate of drug-likeness (QED) is 0.735. The van der Waals surface area contributed by atoms with Crippen molar-refractivity contribution in [1.29, 1.82) is 0 Å². The predicted molar refractivity (Wildman–Crippen MR) is 54.1 cm³/mol. The number of hydrogen-bond acceptors (Lipinski definition) is 4. The lowest BCUT2D eigenvalue weighted by molar-refractivity contribution is -0.140. The fourth-order valence-corrected chi connectivity index (χ4v) is 0.983. The first-order chi connectivity index (χ1) is 6.72. The van der Waals surface area contributed by atoms with Crippen LogP contribution in [-0.2, 0) is 9.53 Å². The number of carbonyl (C=O) groups excluding carboxylic acids is 1. The lowest BCUT2D eigenvalue weighted by Crippen LogP contribution is -2.09. The number of esters is 1. The number of nitrogens with zero attached hydrogens (tertiary/aromatic N) is 1. The zero-order valence-corrected chi connectivity index (χ0v) is 8.41. The number of aryl methyl sites for hydroxylation is 1. The van der Waals surface area contributed by atoms with Gasteiger partial charge in [0.05, 0.1) is 25.4 Å². The van der Waals surface area contributed by atoms with Crippen molar-refractivity contribution in [2.75, 3.05) is 19.0 Å². The molecule has 0 amide bonds. The van der Waals surface area contributed by atoms with Crippen LogP contribution in [-0.4, -0.2) is 24.6 Å². The van der Waals surface area contributed by atoms with Crippen molar-refractivity contribution in [2.24, 2.45) is 0 Å². The third-order valence-electron chi connectivity index (χ3n) is 1.80. The molecule has 0 bridgehead atoms. The summed E-state index contributed by atoms with van der Waals surface area (Å²) in [7, 11) is 1.38. The molecule has 76 valence electrons. The molecule has 1 aromatic rings. The van der Waals surface area contributed by atoms with Crippen LogP contribution in [0.25, 0.3) is 0 Å². The van der Waals surface area contributed by atoms with Crippen LogP contribution in [0.3, 0.4) is 0 Å². The lowest BCUT2D eigenvalue weighted by Gasteiger charge is -2.04. The summed E-state index contributed by atoms with van der Waals surface area (Å²) in [5, 5.41) is 3.07. The molecule has 0 aromatic carbocycles. The Bertz CT molecular complexity index is 295. The van der Waals surface area contributed by atoms with Crippen LogP contribution in [0.5, 0.6) is 0 Å². The van der Waals surface area contributed by atoms with Crippen LogP contribution < -0.4 is 5.32 Å². The number of aromatic nitrogens is 1. The first kappa shape index (κ1) is 10.5. The lowest BCUT2D eigenvalue weighted by atomic mass is 10.3. The van der Waals surface area contributed by atoms with Crippen molar-refractivity contribution < 1.29 is 9.53 Å². The minimum atomic E-state index is -0.211. The Hall–Kier alpha value is -1.58. The van der Waals surface area contributed by atoms with Crippen LogP contribution in [0, 0.1) is 6.92 Å². The van der Waals surface area contributed by atoms with E-state index in [0.29, 0.717) is 13.0 Å². The molecule has 0 aliphatic rings. The highest BCUT2D eigenvalue weighted by Gasteiger charge is 1.98. The Labute approximate surface area is 83.3 Å². The minimum Gasteiger partial charge on any atom is -0.469 e. The minimum absolute atomic E-state index is 0.211. The average molecular weight is 194 g/mol. The molecule has 0 spiro atoms. The van der Waals surface area contributed by atoms with Gasteiger partial charge in [0.15, 0.2) is 0 Å². The van der Waals surface area contributed by atoms with Crippen LogP contribution in [0.15, 0.2) is 18.3 Å². The summed E-state index contributed by atoms with van der Waals surface area (Å²) >= 11 is 0. The molecule has 4 nitrogen and oxygen atoms in total. The number of nitrogens with one attached hydrogen (secondary N) is 1. The van der Waals surface area contributed by atoms with Gasteiger partial charge in [0.2, 0.25) is 0 Å². The zero-order valence-electron chi connectivity index (χ0n) is 8.41. The number of carbonyl (C=O) groups is 1. The predicted octanol–water partition coefficient (Wildman–Crippen LogP) is 1.37. The smallest absolute Gasteiger partial charge is 0.307 e. The van der Waals surface area contributed by atoms with Gasteiger partial charge in [-0.05, 0) is 19.1 Å². The summed E-state index contributed by atoms with van der Waals surface area (Å²) < 4.78 is 4.51. The summed E-state index contributed by atoms with van der Waals surface area (Å²) in [6.45, 7) is 2.50. The third-order valence-corrected chi connectivity index (χ3v) is 1.80. The summed E-state index contributed by atoms with van der Waals surface area (Å²) in [4.78, 5) is 14.9. The highest BCUT2D eigenvalue weighted by Crippen LogP contribution is 2.04. The molecule has 1 N–H and O–H groups in total. The summed E-state index contributed by atoms with van der Waals surface area (Å²) in [6.07, 6.45) is 2.11. The van der Waals surface area contributed by atoms with Gasteiger partial charge in [-0.2, -0.15) is 0 Å². The Balaban J connectivity index is 2.31. The van der Waals surface area contributed by atoms with Gasteiger partial charge in [0.1, 0.15) is 0 Å². The first-order valence-electron chi connectivity index (χ1n) is 4.45. The molecule has 0 unspecified atom stereocenters. The van der Waals surface area contributed by atoms with E-state index in [9.17, 15) is 4.79 Å². The van der Waals surface area contributed by atoms with Gasteiger partial charge in [-0.1, -0.05) is 0 Å². The van der Waals surface area contributed by atoms with Gasteiger partial charge in [-0.3, -0.25) is 9.78 Å². The highest BCUT2D eigenvalue weighted by molar-refractivity contribution is 5.69. The summed E-state index contributed by atoms with van der Waals surface area (Å²) in [6, 6.07) is 3.85. The highest BCUT2D eigenvalue weighted by atomic mass is 16.5. The van der Waals surface area contributed by atoms with Crippen LogP contribution in [0.1, 0.15) is 12.1 Å². The molecule has 0 aliphatic heterocycles. The molecule has 0 saturated heterocycles. The number of ether oxygens (including phenoxy) is 1. The van der Waals surface area contributed by atoms with Crippen molar-refractivity contribution in [3.63, 3.8) is 0 Å². The van der Waals surface area contributed by atoms with E-state index in [-0.39, 0.29) is 5.97 Å². The van der Waals surface area contributed by atoms with Crippen molar-refractivity contribution >= 4 is 11.7 Å². The van der Waals surface area contributed by atoms with Crippen molar-refractivity contribution in [3.8, 4) is 0 Å². The summed E-state index contributed by atoms with van der Waals surface area (Å²) in [5.74, 6) is -0.211. The van der Waals surface area contributed by atoms with Gasteiger partial charge in [0.25, 0.3) is 0 Å². The molecule has 1 aromatic heterocycles. The third kappa shape index (κ3) is 3.43. The Kier molecular flexibility index (Phi) is 3.91. The molecule has 0 fully saturated rings. The molecule has 0 aliphatic carbocycles. The molecule has 1 rings (SSSR count). The Morgan fingerprint density at radius 1 is 1.57 bits per heavy atom. The average Bonchev–Trinajstić information content (AvgIpc) is 2.21. The van der Waals surface area contributed by atoms with E-state index in [4.69, 9.17) is 0 Å². The second-order valence-corrected chi connectivity index (χ2v) is 2.94. The summed E-state index contributed by atoms with van der Waals surface area (Å²) in [5.41, 5.74) is 1.89. The van der Waals surface area contributed by atoms with Crippen LogP contribution in [0.2, 0.25) is 0 Å². The topological polar surface area (TPSA) is 51.2 Å². The number of pyridine rings is 1. The van der Waals surface area contributed by atoms with E-state index in [1.807, 2.05) is 19.1 Å². The fraction of sp³-hybridized carbons (Fsp3) is 0.400. The SMILES string of the molecule is COC(=O)CCNc1ccc(C)nc1. The largest absolute Gasteiger partial charge is 0.469 e. The Morgan fingerprint density at radius 2 is 2.36 bits per heavy atom. The second-order valence-electron chi connectivity index (χ2n) is 2.94. The standard InChI is InChI=1S/C10H14N2O2/c1-8-3-4-9(7-12-8)11-6-5-10(13)14-2/h3-4,7,11H,5-6H2,1-2H3. The maximum Gasteiger partial charge on any atom is 0.307 e. The van der Waals surface area contributed by atoms with Crippen molar-refractivity contribution in [3.05, 3.63) is 24.0 Å². The van der Waals surface area contributed by atoms with Gasteiger partial charge < -0.3 is 10.1 Å². The zero-order chi connectivity index (χ0) is 10.4. The molecule has 0 saturated carbocycles. The van der Waals surface area contributed by atoms with E-state index >= 15 is 0 Å². The van der Waals surface area contributed by atoms with Crippen LogP contribution >= 0.6 is 0 Å². The normalized spacial score (nSPS) is 9.57. The van der Waals surface area contributed by atoms with Gasteiger partial charge in [-0.25, -0.2) is 0 Å². The van der Waals surface area contributed by atoms with E-state index in [2.05, 4.69) is 15.0 Å². The van der Waals surface area contributed by atoms with Crippen molar-refractivity contribution in [1.82, 2.24) is 4.98 Å². The van der Waals surface area contributed by atoms with E-state index in [1.165, 1.54) is 7.11 Å². The maximum atomic E-state index is 10.8. The molecular formula is C10H14N2O2. The van der Waals surface area contributed by atoms with E-state index in [0.717, 1.165) is 11.4 Å². The molecular weight excluding hydrogens is 180 g/mol. The van der Waals surface area contributed by atoms with E-state index < -0.39 is 0 Å². The Morgan fingerprint density at radius 3 is 2.93 bits per heavy atom. The number of methoxy groups -OCH3 is 1. The van der Waals surface area contributed by atoms with Gasteiger partial charge in [-0.15, -0.1) is 0 Å². The maximum absolute atomic E-state index is 10.8. The van der Waals surface area contributed by atoms with Gasteiger partial charge >= 0.3 is 5.97 Å². The van der Waals surface area contributed by atoms with Crippen LogP contribution in [0.4, 0.5) is 5.69 Å². The fourth-order valence-electron chi connectivity index (χ4n) is 0.983. The number of anilines is 1. The molecule has 0 radical (unpaired) electrons. The monoisotopic (exact) mass is 194 g/mol. The number of rotatable bonds is 4. The molecule has 0 atom stereocenters.